The van der Waals surface area contributed by atoms with Crippen LogP contribution in [-0.4, -0.2) is 36.7 Å². The number of aliphatic hydroxyl groups is 1. The molecule has 4 rings (SSSR count). The lowest BCUT2D eigenvalue weighted by atomic mass is 9.80. The maximum Gasteiger partial charge on any atom is 0.183 e. The van der Waals surface area contributed by atoms with Gasteiger partial charge in [-0.15, -0.1) is 0 Å². The normalized spacial score (nSPS) is 22.9. The number of aromatic nitrogens is 4. The van der Waals surface area contributed by atoms with E-state index in [9.17, 15) is 9.50 Å². The summed E-state index contributed by atoms with van der Waals surface area (Å²) in [6.07, 6.45) is 8.27. The van der Waals surface area contributed by atoms with E-state index in [0.29, 0.717) is 34.9 Å². The fraction of sp³-hybridized carbons (Fsp3) is 0.421. The van der Waals surface area contributed by atoms with E-state index in [2.05, 4.69) is 25.3 Å². The van der Waals surface area contributed by atoms with Crippen molar-refractivity contribution in [3.05, 3.63) is 35.5 Å². The summed E-state index contributed by atoms with van der Waals surface area (Å²) < 4.78 is 14.3. The first-order valence-corrected chi connectivity index (χ1v) is 9.50. The van der Waals surface area contributed by atoms with Crippen LogP contribution >= 0.6 is 11.6 Å². The molecular formula is C19H21ClFN5O. The predicted octanol–water partition coefficient (Wildman–Crippen LogP) is 4.31. The molecule has 0 aromatic carbocycles. The number of pyridine rings is 1. The summed E-state index contributed by atoms with van der Waals surface area (Å²) in [5, 5.41) is 15.0. The molecule has 0 radical (unpaired) electrons. The summed E-state index contributed by atoms with van der Waals surface area (Å²) in [6, 6.07) is 1.75. The molecule has 1 fully saturated rings. The Morgan fingerprint density at radius 1 is 1.41 bits per heavy atom. The quantitative estimate of drug-likeness (QED) is 0.619. The van der Waals surface area contributed by atoms with E-state index in [1.807, 2.05) is 6.92 Å². The molecule has 3 heterocycles. The number of nitrogens with zero attached hydrogens (tertiary/aromatic N) is 3. The molecule has 3 aromatic heterocycles. The van der Waals surface area contributed by atoms with Gasteiger partial charge in [-0.05, 0) is 38.2 Å². The summed E-state index contributed by atoms with van der Waals surface area (Å²) in [4.78, 5) is 15.8. The highest BCUT2D eigenvalue weighted by Gasteiger charge is 2.33. The Kier molecular flexibility index (Phi) is 4.74. The third-order valence-electron chi connectivity index (χ3n) is 5.30. The molecule has 1 saturated carbocycles. The van der Waals surface area contributed by atoms with Crippen molar-refractivity contribution in [2.45, 2.75) is 50.7 Å². The second-order valence-corrected chi connectivity index (χ2v) is 7.59. The van der Waals surface area contributed by atoms with Crippen LogP contribution in [0, 0.1) is 5.82 Å². The van der Waals surface area contributed by atoms with Gasteiger partial charge in [-0.2, -0.15) is 0 Å². The minimum Gasteiger partial charge on any atom is -0.390 e. The molecular weight excluding hydrogens is 369 g/mol. The first-order chi connectivity index (χ1) is 13.0. The number of hydrogen-bond donors (Lipinski definition) is 3. The standard InChI is InChI=1S/C19H21ClFN5O/c1-2-19(27)5-3-4-12(7-19)25-18-15(21)10-24-17(26-18)14-9-23-16-13(14)6-11(20)8-22-16/h6,8-10,12,27H,2-5,7H2,1H3,(H,22,23)(H,24,25,26)/t12-,19?/m0/s1. The largest absolute Gasteiger partial charge is 0.390 e. The van der Waals surface area contributed by atoms with Crippen molar-refractivity contribution in [2.75, 3.05) is 5.32 Å². The van der Waals surface area contributed by atoms with E-state index in [-0.39, 0.29) is 11.9 Å². The molecule has 0 bridgehead atoms. The maximum atomic E-state index is 14.3. The van der Waals surface area contributed by atoms with E-state index >= 15 is 0 Å². The molecule has 3 aromatic rings. The predicted molar refractivity (Wildman–Crippen MR) is 103 cm³/mol. The first-order valence-electron chi connectivity index (χ1n) is 9.12. The van der Waals surface area contributed by atoms with E-state index < -0.39 is 11.4 Å². The van der Waals surface area contributed by atoms with Gasteiger partial charge in [0.1, 0.15) is 5.65 Å². The lowest BCUT2D eigenvalue weighted by molar-refractivity contribution is -0.00330. The van der Waals surface area contributed by atoms with Crippen LogP contribution < -0.4 is 5.32 Å². The summed E-state index contributed by atoms with van der Waals surface area (Å²) in [5.41, 5.74) is 0.676. The Morgan fingerprint density at radius 3 is 3.07 bits per heavy atom. The first kappa shape index (κ1) is 18.1. The average molecular weight is 390 g/mol. The maximum absolute atomic E-state index is 14.3. The Hall–Kier alpha value is -2.25. The van der Waals surface area contributed by atoms with Gasteiger partial charge in [0.05, 0.1) is 16.8 Å². The van der Waals surface area contributed by atoms with E-state index in [1.165, 1.54) is 0 Å². The summed E-state index contributed by atoms with van der Waals surface area (Å²) in [6.45, 7) is 1.97. The van der Waals surface area contributed by atoms with Gasteiger partial charge in [0.15, 0.2) is 17.5 Å². The minimum atomic E-state index is -0.693. The number of halogens is 2. The zero-order valence-corrected chi connectivity index (χ0v) is 15.7. The van der Waals surface area contributed by atoms with Crippen LogP contribution in [-0.2, 0) is 0 Å². The molecule has 0 saturated heterocycles. The SMILES string of the molecule is CCC1(O)CCC[C@H](Nc2nc(-c3c[nH]c4ncc(Cl)cc34)ncc2F)C1. The van der Waals surface area contributed by atoms with Crippen molar-refractivity contribution in [1.82, 2.24) is 19.9 Å². The van der Waals surface area contributed by atoms with Crippen molar-refractivity contribution < 1.29 is 9.50 Å². The Balaban J connectivity index is 1.64. The lowest BCUT2D eigenvalue weighted by Crippen LogP contribution is -2.40. The summed E-state index contributed by atoms with van der Waals surface area (Å²) in [7, 11) is 0. The topological polar surface area (TPSA) is 86.7 Å². The molecule has 6 nitrogen and oxygen atoms in total. The van der Waals surface area contributed by atoms with Gasteiger partial charge in [-0.3, -0.25) is 0 Å². The van der Waals surface area contributed by atoms with Gasteiger partial charge in [0.25, 0.3) is 0 Å². The zero-order chi connectivity index (χ0) is 19.0. The molecule has 1 aliphatic rings. The molecule has 2 atom stereocenters. The number of nitrogens with one attached hydrogen (secondary N) is 2. The Labute approximate surface area is 161 Å². The van der Waals surface area contributed by atoms with Gasteiger partial charge in [-0.1, -0.05) is 18.5 Å². The molecule has 27 heavy (non-hydrogen) atoms. The van der Waals surface area contributed by atoms with Crippen LogP contribution in [0.5, 0.6) is 0 Å². The van der Waals surface area contributed by atoms with Crippen molar-refractivity contribution >= 4 is 28.5 Å². The van der Waals surface area contributed by atoms with Gasteiger partial charge in [0, 0.05) is 29.4 Å². The third kappa shape index (κ3) is 3.61. The second kappa shape index (κ2) is 7.05. The molecule has 3 N–H and O–H groups in total. The molecule has 142 valence electrons. The summed E-state index contributed by atoms with van der Waals surface area (Å²) in [5.74, 6) is 0.0193. The number of aromatic amines is 1. The van der Waals surface area contributed by atoms with Crippen LogP contribution in [0.3, 0.4) is 0 Å². The number of fused-ring (bicyclic) bond motifs is 1. The van der Waals surface area contributed by atoms with Gasteiger partial charge in [-0.25, -0.2) is 19.3 Å². The van der Waals surface area contributed by atoms with Crippen LogP contribution in [0.15, 0.2) is 24.7 Å². The van der Waals surface area contributed by atoms with Crippen LogP contribution in [0.2, 0.25) is 5.02 Å². The van der Waals surface area contributed by atoms with Gasteiger partial charge < -0.3 is 15.4 Å². The fourth-order valence-corrected chi connectivity index (χ4v) is 3.90. The van der Waals surface area contributed by atoms with Crippen molar-refractivity contribution in [2.24, 2.45) is 0 Å². The monoisotopic (exact) mass is 389 g/mol. The third-order valence-corrected chi connectivity index (χ3v) is 5.51. The smallest absolute Gasteiger partial charge is 0.183 e. The molecule has 1 aliphatic carbocycles. The lowest BCUT2D eigenvalue weighted by Gasteiger charge is -2.36. The van der Waals surface area contributed by atoms with Crippen molar-refractivity contribution in [3.63, 3.8) is 0 Å². The van der Waals surface area contributed by atoms with Crippen molar-refractivity contribution in [3.8, 4) is 11.4 Å². The minimum absolute atomic E-state index is 0.0277. The highest BCUT2D eigenvalue weighted by atomic mass is 35.5. The van der Waals surface area contributed by atoms with E-state index in [1.54, 1.807) is 18.5 Å². The molecule has 0 spiro atoms. The number of H-pyrrole nitrogens is 1. The number of hydrogen-bond acceptors (Lipinski definition) is 5. The number of rotatable bonds is 4. The molecule has 0 amide bonds. The van der Waals surface area contributed by atoms with E-state index in [0.717, 1.165) is 30.8 Å². The van der Waals surface area contributed by atoms with E-state index in [4.69, 9.17) is 11.6 Å². The highest BCUT2D eigenvalue weighted by Crippen LogP contribution is 2.33. The summed E-state index contributed by atoms with van der Waals surface area (Å²) >= 11 is 6.05. The molecule has 8 heteroatoms. The van der Waals surface area contributed by atoms with Crippen molar-refractivity contribution in [1.29, 1.82) is 0 Å². The average Bonchev–Trinajstić information content (AvgIpc) is 3.07. The Bertz CT molecular complexity index is 978. The zero-order valence-electron chi connectivity index (χ0n) is 15.0. The van der Waals surface area contributed by atoms with Crippen LogP contribution in [0.25, 0.3) is 22.4 Å². The fourth-order valence-electron chi connectivity index (χ4n) is 3.74. The second-order valence-electron chi connectivity index (χ2n) is 7.16. The molecule has 1 unspecified atom stereocenters. The van der Waals surface area contributed by atoms with Crippen LogP contribution in [0.1, 0.15) is 39.0 Å². The highest BCUT2D eigenvalue weighted by molar-refractivity contribution is 6.31. The van der Waals surface area contributed by atoms with Gasteiger partial charge in [0.2, 0.25) is 0 Å². The molecule has 0 aliphatic heterocycles. The Morgan fingerprint density at radius 2 is 2.26 bits per heavy atom. The van der Waals surface area contributed by atoms with Crippen LogP contribution in [0.4, 0.5) is 10.2 Å². The van der Waals surface area contributed by atoms with Gasteiger partial charge >= 0.3 is 0 Å². The number of anilines is 1.